The Morgan fingerprint density at radius 3 is 2.17 bits per heavy atom. The first-order chi connectivity index (χ1) is 8.36. The number of esters is 1. The van der Waals surface area contributed by atoms with E-state index in [1.807, 2.05) is 0 Å². The van der Waals surface area contributed by atoms with Crippen LogP contribution in [0.4, 0.5) is 13.2 Å². The van der Waals surface area contributed by atoms with Crippen molar-refractivity contribution in [3.63, 3.8) is 0 Å². The minimum atomic E-state index is -4.44. The minimum Gasteiger partial charge on any atom is -0.465 e. The Labute approximate surface area is 105 Å². The zero-order valence-electron chi connectivity index (χ0n) is 10.7. The molecule has 0 saturated heterocycles. The van der Waals surface area contributed by atoms with Gasteiger partial charge in [-0.1, -0.05) is 32.8 Å². The Morgan fingerprint density at radius 1 is 1.22 bits per heavy atom. The monoisotopic (exact) mass is 262 g/mol. The fourth-order valence-electron chi connectivity index (χ4n) is 0.940. The molecule has 102 valence electrons. The number of benzene rings is 1. The van der Waals surface area contributed by atoms with Crippen LogP contribution >= 0.6 is 0 Å². The first-order valence-electron chi connectivity index (χ1n) is 5.62. The maximum atomic E-state index is 12.2. The summed E-state index contributed by atoms with van der Waals surface area (Å²) in [4.78, 5) is 10.9. The predicted molar refractivity (Wildman–Crippen MR) is 63.4 cm³/mol. The summed E-state index contributed by atoms with van der Waals surface area (Å²) in [5, 5.41) is 0. The number of halogens is 3. The molecule has 5 heteroatoms. The van der Waals surface area contributed by atoms with Gasteiger partial charge in [0.05, 0.1) is 18.2 Å². The van der Waals surface area contributed by atoms with Crippen LogP contribution in [0.5, 0.6) is 0 Å². The molecule has 0 fully saturated rings. The van der Waals surface area contributed by atoms with Crippen molar-refractivity contribution in [2.24, 2.45) is 0 Å². The second-order valence-electron chi connectivity index (χ2n) is 3.57. The molecular weight excluding hydrogens is 245 g/mol. The maximum Gasteiger partial charge on any atom is 0.416 e. The lowest BCUT2D eigenvalue weighted by atomic mass is 10.1. The molecule has 0 amide bonds. The molecule has 0 bridgehead atoms. The van der Waals surface area contributed by atoms with Gasteiger partial charge in [0.2, 0.25) is 0 Å². The summed E-state index contributed by atoms with van der Waals surface area (Å²) in [5.41, 5.74) is -0.970. The molecule has 1 aromatic rings. The molecule has 1 rings (SSSR count). The van der Waals surface area contributed by atoms with Crippen molar-refractivity contribution in [2.75, 3.05) is 7.11 Å². The van der Waals surface area contributed by atoms with Crippen LogP contribution in [-0.4, -0.2) is 13.1 Å². The van der Waals surface area contributed by atoms with Gasteiger partial charge in [0.15, 0.2) is 0 Å². The van der Waals surface area contributed by atoms with E-state index < -0.39 is 17.7 Å². The zero-order chi connectivity index (χ0) is 14.2. The molecule has 0 N–H and O–H groups in total. The van der Waals surface area contributed by atoms with Crippen molar-refractivity contribution >= 4 is 5.97 Å². The number of hydrogen-bond donors (Lipinski definition) is 0. The predicted octanol–water partition coefficient (Wildman–Crippen LogP) is 4.30. The molecule has 0 aliphatic rings. The van der Waals surface area contributed by atoms with Crippen LogP contribution in [0.2, 0.25) is 0 Å². The number of unbranched alkanes of at least 4 members (excludes halogenated alkanes) is 1. The van der Waals surface area contributed by atoms with Crippen molar-refractivity contribution in [1.82, 2.24) is 0 Å². The lowest BCUT2D eigenvalue weighted by molar-refractivity contribution is -0.137. The molecular formula is C13H17F3O2. The Kier molecular flexibility index (Phi) is 7.08. The second-order valence-corrected chi connectivity index (χ2v) is 3.57. The molecule has 0 heterocycles. The van der Waals surface area contributed by atoms with Crippen molar-refractivity contribution < 1.29 is 22.7 Å². The van der Waals surface area contributed by atoms with Gasteiger partial charge < -0.3 is 4.74 Å². The third-order valence-corrected chi connectivity index (χ3v) is 2.11. The van der Waals surface area contributed by atoms with E-state index in [2.05, 4.69) is 18.6 Å². The summed E-state index contributed by atoms with van der Waals surface area (Å²) in [6, 6.07) is 4.08. The summed E-state index contributed by atoms with van der Waals surface area (Å²) in [6.07, 6.45) is -1.80. The molecule has 0 saturated carbocycles. The Balaban J connectivity index is 0.000000631. The van der Waals surface area contributed by atoms with Crippen molar-refractivity contribution in [1.29, 1.82) is 0 Å². The van der Waals surface area contributed by atoms with E-state index in [0.29, 0.717) is 0 Å². The van der Waals surface area contributed by atoms with Crippen molar-refractivity contribution in [3.8, 4) is 0 Å². The summed E-state index contributed by atoms with van der Waals surface area (Å²) in [5.74, 6) is -0.781. The molecule has 0 spiro atoms. The highest BCUT2D eigenvalue weighted by Gasteiger charge is 2.30. The molecule has 0 aliphatic carbocycles. The Hall–Kier alpha value is -1.52. The molecule has 0 unspecified atom stereocenters. The van der Waals surface area contributed by atoms with Gasteiger partial charge in [-0.3, -0.25) is 0 Å². The molecule has 0 aliphatic heterocycles. The number of carbonyl (C=O) groups is 1. The molecule has 0 aromatic heterocycles. The number of carbonyl (C=O) groups excluding carboxylic acids is 1. The lowest BCUT2D eigenvalue weighted by Crippen LogP contribution is -2.08. The van der Waals surface area contributed by atoms with Gasteiger partial charge in [-0.05, 0) is 18.2 Å². The molecule has 0 radical (unpaired) electrons. The van der Waals surface area contributed by atoms with Crippen LogP contribution < -0.4 is 0 Å². The molecule has 0 atom stereocenters. The standard InChI is InChI=1S/C9H7F3O2.C4H10/c1-14-8(13)6-3-2-4-7(5-6)9(10,11)12;1-3-4-2/h2-5H,1H3;3-4H2,1-2H3. The van der Waals surface area contributed by atoms with Gasteiger partial charge in [0.1, 0.15) is 0 Å². The molecule has 1 aromatic carbocycles. The summed E-state index contributed by atoms with van der Waals surface area (Å²) in [6.45, 7) is 4.36. The van der Waals surface area contributed by atoms with Crippen molar-refractivity contribution in [2.45, 2.75) is 32.9 Å². The first kappa shape index (κ1) is 16.5. The number of alkyl halides is 3. The third kappa shape index (κ3) is 5.70. The van der Waals surface area contributed by atoms with Gasteiger partial charge in [0.25, 0.3) is 0 Å². The number of methoxy groups -OCH3 is 1. The van der Waals surface area contributed by atoms with Crippen LogP contribution in [0.1, 0.15) is 42.6 Å². The van der Waals surface area contributed by atoms with Gasteiger partial charge in [0, 0.05) is 0 Å². The van der Waals surface area contributed by atoms with Crippen LogP contribution in [0.25, 0.3) is 0 Å². The van der Waals surface area contributed by atoms with Crippen LogP contribution in [-0.2, 0) is 10.9 Å². The first-order valence-corrected chi connectivity index (χ1v) is 5.62. The normalized spacial score (nSPS) is 10.3. The highest BCUT2D eigenvalue weighted by Crippen LogP contribution is 2.29. The second kappa shape index (κ2) is 7.74. The largest absolute Gasteiger partial charge is 0.465 e. The van der Waals surface area contributed by atoms with Crippen LogP contribution in [0.15, 0.2) is 24.3 Å². The highest BCUT2D eigenvalue weighted by molar-refractivity contribution is 5.89. The van der Waals surface area contributed by atoms with Crippen molar-refractivity contribution in [3.05, 3.63) is 35.4 Å². The minimum absolute atomic E-state index is 0.109. The number of rotatable bonds is 2. The SMILES string of the molecule is CCCC.COC(=O)c1cccc(C(F)(F)F)c1. The average molecular weight is 262 g/mol. The topological polar surface area (TPSA) is 26.3 Å². The van der Waals surface area contributed by atoms with E-state index >= 15 is 0 Å². The summed E-state index contributed by atoms with van der Waals surface area (Å²) < 4.78 is 40.8. The van der Waals surface area contributed by atoms with Gasteiger partial charge in [-0.25, -0.2) is 4.79 Å². The fraction of sp³-hybridized carbons (Fsp3) is 0.462. The lowest BCUT2D eigenvalue weighted by Gasteiger charge is -2.07. The Bertz CT molecular complexity index is 371. The van der Waals surface area contributed by atoms with E-state index in [1.54, 1.807) is 0 Å². The molecule has 18 heavy (non-hydrogen) atoms. The quantitative estimate of drug-likeness (QED) is 0.743. The van der Waals surface area contributed by atoms with Gasteiger partial charge in [-0.15, -0.1) is 0 Å². The van der Waals surface area contributed by atoms with Gasteiger partial charge >= 0.3 is 12.1 Å². The zero-order valence-corrected chi connectivity index (χ0v) is 10.7. The van der Waals surface area contributed by atoms with Crippen LogP contribution in [0.3, 0.4) is 0 Å². The fourth-order valence-corrected chi connectivity index (χ4v) is 0.940. The molecule has 2 nitrogen and oxygen atoms in total. The average Bonchev–Trinajstić information content (AvgIpc) is 2.37. The maximum absolute atomic E-state index is 12.2. The van der Waals surface area contributed by atoms with E-state index in [9.17, 15) is 18.0 Å². The third-order valence-electron chi connectivity index (χ3n) is 2.11. The number of hydrogen-bond acceptors (Lipinski definition) is 2. The van der Waals surface area contributed by atoms with Gasteiger partial charge in [-0.2, -0.15) is 13.2 Å². The van der Waals surface area contributed by atoms with E-state index in [0.717, 1.165) is 25.3 Å². The highest BCUT2D eigenvalue weighted by atomic mass is 19.4. The van der Waals surface area contributed by atoms with E-state index in [-0.39, 0.29) is 5.56 Å². The summed E-state index contributed by atoms with van der Waals surface area (Å²) >= 11 is 0. The summed E-state index contributed by atoms with van der Waals surface area (Å²) in [7, 11) is 1.11. The van der Waals surface area contributed by atoms with E-state index in [1.165, 1.54) is 18.9 Å². The van der Waals surface area contributed by atoms with E-state index in [4.69, 9.17) is 0 Å². The Morgan fingerprint density at radius 2 is 1.78 bits per heavy atom. The van der Waals surface area contributed by atoms with Crippen LogP contribution in [0, 0.1) is 0 Å². The number of ether oxygens (including phenoxy) is 1. The smallest absolute Gasteiger partial charge is 0.416 e.